The monoisotopic (exact) mass is 405 g/mol. The highest BCUT2D eigenvalue weighted by Gasteiger charge is 2.30. The SMILES string of the molecule is O=C(N[C@@H]1CCC[C@H]1Nc1nc2ccncc2s1)c1ccccc1-n1nccn1. The third kappa shape index (κ3) is 3.56. The zero-order chi connectivity index (χ0) is 19.6. The van der Waals surface area contributed by atoms with Gasteiger partial charge < -0.3 is 10.6 Å². The Morgan fingerprint density at radius 1 is 1.07 bits per heavy atom. The van der Waals surface area contributed by atoms with Gasteiger partial charge in [-0.05, 0) is 37.5 Å². The highest BCUT2D eigenvalue weighted by molar-refractivity contribution is 7.22. The summed E-state index contributed by atoms with van der Waals surface area (Å²) in [5.41, 5.74) is 2.16. The molecule has 5 rings (SSSR count). The number of carbonyl (C=O) groups is 1. The third-order valence-corrected chi connectivity index (χ3v) is 6.05. The standard InChI is InChI=1S/C20H19N7OS/c28-19(13-4-1-2-7-17(13)27-22-10-11-23-27)24-14-5-3-6-15(14)25-20-26-16-8-9-21-12-18(16)29-20/h1-2,4,7-12,14-15H,3,5-6H2,(H,24,28)(H,25,26)/t14-,15-/m1/s1. The number of hydrogen-bond donors (Lipinski definition) is 2. The van der Waals surface area contributed by atoms with Crippen molar-refractivity contribution in [2.75, 3.05) is 5.32 Å². The van der Waals surface area contributed by atoms with Crippen molar-refractivity contribution in [3.63, 3.8) is 0 Å². The Labute approximate surface area is 171 Å². The van der Waals surface area contributed by atoms with Crippen molar-refractivity contribution >= 4 is 32.6 Å². The van der Waals surface area contributed by atoms with Crippen LogP contribution in [0.25, 0.3) is 15.9 Å². The number of aromatic nitrogens is 5. The Balaban J connectivity index is 1.33. The first-order valence-corrected chi connectivity index (χ1v) is 10.3. The Hall–Kier alpha value is -3.33. The molecule has 2 N–H and O–H groups in total. The number of fused-ring (bicyclic) bond motifs is 1. The first-order chi connectivity index (χ1) is 14.3. The van der Waals surface area contributed by atoms with Crippen LogP contribution in [0.4, 0.5) is 5.13 Å². The van der Waals surface area contributed by atoms with Gasteiger partial charge in [0.15, 0.2) is 5.13 Å². The van der Waals surface area contributed by atoms with Crippen LogP contribution in [0.2, 0.25) is 0 Å². The summed E-state index contributed by atoms with van der Waals surface area (Å²) in [5.74, 6) is -0.120. The number of rotatable bonds is 5. The molecule has 2 atom stereocenters. The number of nitrogens with zero attached hydrogens (tertiary/aromatic N) is 5. The van der Waals surface area contributed by atoms with E-state index in [2.05, 4.69) is 30.8 Å². The van der Waals surface area contributed by atoms with Gasteiger partial charge in [-0.1, -0.05) is 23.5 Å². The molecule has 3 aromatic heterocycles. The average Bonchev–Trinajstić information content (AvgIpc) is 3.49. The Bertz CT molecular complexity index is 1110. The Morgan fingerprint density at radius 2 is 1.90 bits per heavy atom. The van der Waals surface area contributed by atoms with Crippen molar-refractivity contribution in [2.45, 2.75) is 31.3 Å². The van der Waals surface area contributed by atoms with E-state index in [9.17, 15) is 4.79 Å². The summed E-state index contributed by atoms with van der Waals surface area (Å²) in [7, 11) is 0. The molecular formula is C20H19N7OS. The molecule has 1 aliphatic rings. The van der Waals surface area contributed by atoms with E-state index in [-0.39, 0.29) is 18.0 Å². The van der Waals surface area contributed by atoms with Crippen LogP contribution in [0.3, 0.4) is 0 Å². The Morgan fingerprint density at radius 3 is 2.76 bits per heavy atom. The van der Waals surface area contributed by atoms with Gasteiger partial charge in [0.1, 0.15) is 0 Å². The molecule has 29 heavy (non-hydrogen) atoms. The maximum absolute atomic E-state index is 13.0. The first-order valence-electron chi connectivity index (χ1n) is 9.51. The molecule has 0 aliphatic heterocycles. The van der Waals surface area contributed by atoms with Crippen LogP contribution in [0.5, 0.6) is 0 Å². The largest absolute Gasteiger partial charge is 0.357 e. The maximum atomic E-state index is 13.0. The van der Waals surface area contributed by atoms with Gasteiger partial charge in [0.25, 0.3) is 5.91 Å². The van der Waals surface area contributed by atoms with Gasteiger partial charge in [0.05, 0.1) is 33.9 Å². The molecule has 0 bridgehead atoms. The summed E-state index contributed by atoms with van der Waals surface area (Å²) in [6.45, 7) is 0. The molecule has 9 heteroatoms. The van der Waals surface area contributed by atoms with E-state index in [0.717, 1.165) is 34.6 Å². The fraction of sp³-hybridized carbons (Fsp3) is 0.250. The van der Waals surface area contributed by atoms with Crippen LogP contribution in [-0.4, -0.2) is 43.0 Å². The predicted molar refractivity (Wildman–Crippen MR) is 111 cm³/mol. The average molecular weight is 405 g/mol. The molecule has 1 fully saturated rings. The number of hydrogen-bond acceptors (Lipinski definition) is 7. The molecule has 3 heterocycles. The van der Waals surface area contributed by atoms with Crippen molar-refractivity contribution in [3.8, 4) is 5.69 Å². The number of pyridine rings is 1. The minimum atomic E-state index is -0.120. The number of benzene rings is 1. The van der Waals surface area contributed by atoms with Crippen molar-refractivity contribution in [1.82, 2.24) is 30.3 Å². The first kappa shape index (κ1) is 17.7. The van der Waals surface area contributed by atoms with Gasteiger partial charge in [-0.3, -0.25) is 9.78 Å². The van der Waals surface area contributed by atoms with Gasteiger partial charge in [0.2, 0.25) is 0 Å². The van der Waals surface area contributed by atoms with Gasteiger partial charge in [-0.25, -0.2) is 4.98 Å². The highest BCUT2D eigenvalue weighted by atomic mass is 32.1. The van der Waals surface area contributed by atoms with Crippen LogP contribution >= 0.6 is 11.3 Å². The third-order valence-electron chi connectivity index (χ3n) is 5.12. The molecule has 1 aromatic carbocycles. The summed E-state index contributed by atoms with van der Waals surface area (Å²) in [4.78, 5) is 23.3. The summed E-state index contributed by atoms with van der Waals surface area (Å²) in [6.07, 6.45) is 9.73. The van der Waals surface area contributed by atoms with Gasteiger partial charge in [-0.15, -0.1) is 0 Å². The second-order valence-corrected chi connectivity index (χ2v) is 7.99. The van der Waals surface area contributed by atoms with E-state index >= 15 is 0 Å². The van der Waals surface area contributed by atoms with E-state index in [4.69, 9.17) is 0 Å². The molecule has 4 aromatic rings. The number of nitrogens with one attached hydrogen (secondary N) is 2. The number of thiazole rings is 1. The van der Waals surface area contributed by atoms with Crippen molar-refractivity contribution in [3.05, 3.63) is 60.7 Å². The number of para-hydroxylation sites is 1. The van der Waals surface area contributed by atoms with Crippen LogP contribution < -0.4 is 10.6 Å². The van der Waals surface area contributed by atoms with Gasteiger partial charge in [0, 0.05) is 24.5 Å². The van der Waals surface area contributed by atoms with Gasteiger partial charge >= 0.3 is 0 Å². The minimum Gasteiger partial charge on any atom is -0.357 e. The summed E-state index contributed by atoms with van der Waals surface area (Å²) < 4.78 is 1.05. The highest BCUT2D eigenvalue weighted by Crippen LogP contribution is 2.29. The normalized spacial score (nSPS) is 18.8. The number of amides is 1. The molecule has 1 aliphatic carbocycles. The minimum absolute atomic E-state index is 0.0336. The van der Waals surface area contributed by atoms with Crippen LogP contribution in [0.15, 0.2) is 55.1 Å². The molecule has 8 nitrogen and oxygen atoms in total. The number of carbonyl (C=O) groups excluding carboxylic acids is 1. The number of anilines is 1. The second-order valence-electron chi connectivity index (χ2n) is 6.96. The molecular weight excluding hydrogens is 386 g/mol. The zero-order valence-corrected chi connectivity index (χ0v) is 16.3. The second kappa shape index (κ2) is 7.59. The lowest BCUT2D eigenvalue weighted by atomic mass is 10.1. The van der Waals surface area contributed by atoms with E-state index in [1.165, 1.54) is 4.80 Å². The van der Waals surface area contributed by atoms with Crippen LogP contribution in [0.1, 0.15) is 29.6 Å². The zero-order valence-electron chi connectivity index (χ0n) is 15.5. The summed E-state index contributed by atoms with van der Waals surface area (Å²) >= 11 is 1.58. The fourth-order valence-electron chi connectivity index (χ4n) is 3.73. The quantitative estimate of drug-likeness (QED) is 0.530. The van der Waals surface area contributed by atoms with E-state index < -0.39 is 0 Å². The summed E-state index contributed by atoms with van der Waals surface area (Å²) in [6, 6.07) is 9.44. The molecule has 0 radical (unpaired) electrons. The van der Waals surface area contributed by atoms with Gasteiger partial charge in [-0.2, -0.15) is 15.0 Å². The smallest absolute Gasteiger partial charge is 0.253 e. The summed E-state index contributed by atoms with van der Waals surface area (Å²) in [5, 5.41) is 15.9. The van der Waals surface area contributed by atoms with Crippen LogP contribution in [-0.2, 0) is 0 Å². The van der Waals surface area contributed by atoms with Crippen molar-refractivity contribution in [2.24, 2.45) is 0 Å². The lowest BCUT2D eigenvalue weighted by Crippen LogP contribution is -2.43. The lowest BCUT2D eigenvalue weighted by molar-refractivity contribution is 0.0935. The molecule has 0 spiro atoms. The van der Waals surface area contributed by atoms with E-state index in [1.54, 1.807) is 36.0 Å². The molecule has 0 saturated heterocycles. The molecule has 1 saturated carbocycles. The predicted octanol–water partition coefficient (Wildman–Crippen LogP) is 3.04. The van der Waals surface area contributed by atoms with Crippen molar-refractivity contribution < 1.29 is 4.79 Å². The van der Waals surface area contributed by atoms with E-state index in [0.29, 0.717) is 11.3 Å². The maximum Gasteiger partial charge on any atom is 0.253 e. The Kier molecular flexibility index (Phi) is 4.65. The van der Waals surface area contributed by atoms with Crippen LogP contribution in [0, 0.1) is 0 Å². The fourth-order valence-corrected chi connectivity index (χ4v) is 4.63. The molecule has 1 amide bonds. The van der Waals surface area contributed by atoms with Crippen molar-refractivity contribution in [1.29, 1.82) is 0 Å². The van der Waals surface area contributed by atoms with E-state index in [1.807, 2.05) is 30.5 Å². The lowest BCUT2D eigenvalue weighted by Gasteiger charge is -2.22. The molecule has 146 valence electrons. The topological polar surface area (TPSA) is 97.6 Å². The molecule has 0 unspecified atom stereocenters.